The van der Waals surface area contributed by atoms with Crippen molar-refractivity contribution in [1.82, 2.24) is 20.0 Å². The summed E-state index contributed by atoms with van der Waals surface area (Å²) >= 11 is 0. The topological polar surface area (TPSA) is 164 Å². The summed E-state index contributed by atoms with van der Waals surface area (Å²) in [5.41, 5.74) is 6.30. The maximum absolute atomic E-state index is 14.2. The zero-order valence-corrected chi connectivity index (χ0v) is 27.0. The third-order valence-corrected chi connectivity index (χ3v) is 8.49. The van der Waals surface area contributed by atoms with Gasteiger partial charge in [0.25, 0.3) is 0 Å². The number of hydrogen-bond donors (Lipinski definition) is 3. The Morgan fingerprint density at radius 3 is 2.24 bits per heavy atom. The van der Waals surface area contributed by atoms with Gasteiger partial charge in [0.05, 0.1) is 25.2 Å². The number of anilines is 1. The van der Waals surface area contributed by atoms with Crippen LogP contribution in [0.3, 0.4) is 0 Å². The van der Waals surface area contributed by atoms with Crippen LogP contribution < -0.4 is 16.4 Å². The Morgan fingerprint density at radius 1 is 1.00 bits per heavy atom. The van der Waals surface area contributed by atoms with Crippen LogP contribution in [-0.2, 0) is 30.5 Å². The molecule has 13 nitrogen and oxygen atoms in total. The molecule has 2 saturated heterocycles. The Morgan fingerprint density at radius 2 is 1.63 bits per heavy atom. The van der Waals surface area contributed by atoms with Crippen molar-refractivity contribution in [3.05, 3.63) is 66.2 Å². The van der Waals surface area contributed by atoms with Crippen LogP contribution in [0.4, 0.5) is 15.3 Å². The molecule has 13 heteroatoms. The van der Waals surface area contributed by atoms with E-state index >= 15 is 0 Å². The van der Waals surface area contributed by atoms with E-state index in [1.165, 1.54) is 11.9 Å². The summed E-state index contributed by atoms with van der Waals surface area (Å²) in [6.45, 7) is 7.22. The summed E-state index contributed by atoms with van der Waals surface area (Å²) in [5.74, 6) is -1.23. The second-order valence-electron chi connectivity index (χ2n) is 12.7. The van der Waals surface area contributed by atoms with Crippen molar-refractivity contribution in [1.29, 1.82) is 0 Å². The first-order valence-corrected chi connectivity index (χ1v) is 15.4. The SMILES string of the molecule is C[C@@H](C(=O)N[C@H](C(=O)N1CC[C@@H]2[C@H]1[C@@H](OC(=O)Nc1ccccc1)CN2C(=O)CN)C(C)(C)C)N(C)C(=O)OCc1ccccc1. The Kier molecular flexibility index (Phi) is 10.9. The van der Waals surface area contributed by atoms with Crippen LogP contribution in [0.2, 0.25) is 0 Å². The number of carbonyl (C=O) groups is 5. The lowest BCUT2D eigenvalue weighted by atomic mass is 9.85. The Labute approximate surface area is 269 Å². The number of nitrogens with zero attached hydrogens (tertiary/aromatic N) is 3. The van der Waals surface area contributed by atoms with Crippen LogP contribution in [0, 0.1) is 5.41 Å². The molecular weight excluding hydrogens is 592 g/mol. The van der Waals surface area contributed by atoms with E-state index in [0.717, 1.165) is 5.56 Å². The molecule has 2 aliphatic rings. The quantitative estimate of drug-likeness (QED) is 0.378. The first-order valence-electron chi connectivity index (χ1n) is 15.4. The van der Waals surface area contributed by atoms with Crippen molar-refractivity contribution in [3.63, 3.8) is 0 Å². The van der Waals surface area contributed by atoms with Gasteiger partial charge < -0.3 is 30.3 Å². The van der Waals surface area contributed by atoms with Gasteiger partial charge in [-0.2, -0.15) is 0 Å². The van der Waals surface area contributed by atoms with Gasteiger partial charge in [0.1, 0.15) is 24.8 Å². The normalized spacial score (nSPS) is 20.3. The fraction of sp³-hybridized carbons (Fsp3) is 0.485. The predicted octanol–water partition coefficient (Wildman–Crippen LogP) is 2.56. The summed E-state index contributed by atoms with van der Waals surface area (Å²) in [6, 6.07) is 15.0. The monoisotopic (exact) mass is 636 g/mol. The molecule has 0 spiro atoms. The first kappa shape index (κ1) is 34.2. The van der Waals surface area contributed by atoms with Crippen molar-refractivity contribution >= 4 is 35.6 Å². The molecule has 0 saturated carbocycles. The summed E-state index contributed by atoms with van der Waals surface area (Å²) in [5, 5.41) is 5.54. The van der Waals surface area contributed by atoms with E-state index in [2.05, 4.69) is 10.6 Å². The number of ether oxygens (including phenoxy) is 2. The summed E-state index contributed by atoms with van der Waals surface area (Å²) in [7, 11) is 1.46. The number of likely N-dealkylation sites (N-methyl/N-ethyl adjacent to an activating group) is 1. The van der Waals surface area contributed by atoms with Gasteiger partial charge in [-0.3, -0.25) is 24.6 Å². The number of fused-ring (bicyclic) bond motifs is 1. The van der Waals surface area contributed by atoms with Crippen molar-refractivity contribution < 1.29 is 33.4 Å². The molecule has 2 aromatic carbocycles. The van der Waals surface area contributed by atoms with Gasteiger partial charge in [0, 0.05) is 19.3 Å². The average Bonchev–Trinajstić information content (AvgIpc) is 3.62. The van der Waals surface area contributed by atoms with Crippen LogP contribution in [0.25, 0.3) is 0 Å². The number of rotatable bonds is 9. The molecule has 5 amide bonds. The molecular formula is C33H44N6O7. The van der Waals surface area contributed by atoms with Gasteiger partial charge in [-0.25, -0.2) is 9.59 Å². The molecule has 0 bridgehead atoms. The largest absolute Gasteiger partial charge is 0.445 e. The molecule has 2 fully saturated rings. The van der Waals surface area contributed by atoms with Gasteiger partial charge in [-0.15, -0.1) is 0 Å². The molecule has 0 aromatic heterocycles. The molecule has 4 rings (SSSR count). The highest BCUT2D eigenvalue weighted by Crippen LogP contribution is 2.36. The Hall–Kier alpha value is -4.65. The minimum Gasteiger partial charge on any atom is -0.445 e. The summed E-state index contributed by atoms with van der Waals surface area (Å²) < 4.78 is 11.2. The number of benzene rings is 2. The minimum absolute atomic E-state index is 0.0508. The smallest absolute Gasteiger partial charge is 0.412 e. The molecule has 2 heterocycles. The van der Waals surface area contributed by atoms with Gasteiger partial charge in [-0.1, -0.05) is 69.3 Å². The minimum atomic E-state index is -0.993. The van der Waals surface area contributed by atoms with Gasteiger partial charge in [0.15, 0.2) is 0 Å². The number of para-hydroxylation sites is 1. The number of amides is 5. The van der Waals surface area contributed by atoms with Crippen LogP contribution in [0.1, 0.15) is 39.7 Å². The maximum Gasteiger partial charge on any atom is 0.412 e. The molecule has 0 radical (unpaired) electrons. The van der Waals surface area contributed by atoms with Gasteiger partial charge in [-0.05, 0) is 36.5 Å². The van der Waals surface area contributed by atoms with Crippen LogP contribution >= 0.6 is 0 Å². The zero-order chi connectivity index (χ0) is 33.6. The molecule has 0 unspecified atom stereocenters. The molecule has 5 atom stereocenters. The fourth-order valence-corrected chi connectivity index (χ4v) is 5.83. The summed E-state index contributed by atoms with van der Waals surface area (Å²) in [6.07, 6.45) is -1.76. The fourth-order valence-electron chi connectivity index (χ4n) is 5.83. The van der Waals surface area contributed by atoms with Gasteiger partial charge in [0.2, 0.25) is 17.7 Å². The number of likely N-dealkylation sites (tertiary alicyclic amines) is 2. The van der Waals surface area contributed by atoms with E-state index in [4.69, 9.17) is 15.2 Å². The molecule has 0 aliphatic carbocycles. The van der Waals surface area contributed by atoms with E-state index in [9.17, 15) is 24.0 Å². The standard InChI is InChI=1S/C33H44N6O7/c1-21(37(5)32(44)45-20-22-12-8-6-9-13-22)29(41)36-28(33(2,3)4)30(42)38-17-16-24-27(38)25(19-39(24)26(40)18-34)46-31(43)35-23-14-10-7-11-15-23/h6-15,21,24-25,27-28H,16-20,34H2,1-5H3,(H,35,43)(H,36,41)/t21-,24+,25-,27-,28+/m0/s1. The van der Waals surface area contributed by atoms with Crippen LogP contribution in [0.5, 0.6) is 0 Å². The third kappa shape index (κ3) is 7.94. The highest BCUT2D eigenvalue weighted by molar-refractivity contribution is 5.92. The molecule has 2 aromatic rings. The van der Waals surface area contributed by atoms with Gasteiger partial charge >= 0.3 is 12.2 Å². The number of carbonyl (C=O) groups excluding carboxylic acids is 5. The van der Waals surface area contributed by atoms with Crippen molar-refractivity contribution in [2.24, 2.45) is 11.1 Å². The van der Waals surface area contributed by atoms with Crippen LogP contribution in [0.15, 0.2) is 60.7 Å². The summed E-state index contributed by atoms with van der Waals surface area (Å²) in [4.78, 5) is 70.4. The molecule has 248 valence electrons. The van der Waals surface area contributed by atoms with Crippen molar-refractivity contribution in [2.75, 3.05) is 32.0 Å². The predicted molar refractivity (Wildman–Crippen MR) is 170 cm³/mol. The number of nitrogens with one attached hydrogen (secondary N) is 2. The lowest BCUT2D eigenvalue weighted by Gasteiger charge is -2.37. The number of hydrogen-bond acceptors (Lipinski definition) is 8. The maximum atomic E-state index is 14.2. The zero-order valence-electron chi connectivity index (χ0n) is 27.0. The lowest BCUT2D eigenvalue weighted by molar-refractivity contribution is -0.142. The van der Waals surface area contributed by atoms with Crippen LogP contribution in [-0.4, -0.2) is 102 Å². The van der Waals surface area contributed by atoms with E-state index in [1.54, 1.807) is 41.0 Å². The average molecular weight is 637 g/mol. The van der Waals surface area contributed by atoms with E-state index in [-0.39, 0.29) is 38.1 Å². The van der Waals surface area contributed by atoms with E-state index in [0.29, 0.717) is 12.1 Å². The second kappa shape index (κ2) is 14.6. The second-order valence-corrected chi connectivity index (χ2v) is 12.7. The Balaban J connectivity index is 1.47. The Bertz CT molecular complexity index is 1400. The highest BCUT2D eigenvalue weighted by Gasteiger charge is 2.55. The van der Waals surface area contributed by atoms with E-state index < -0.39 is 53.8 Å². The molecule has 4 N–H and O–H groups in total. The molecule has 46 heavy (non-hydrogen) atoms. The van der Waals surface area contributed by atoms with Crippen molar-refractivity contribution in [3.8, 4) is 0 Å². The first-order chi connectivity index (χ1) is 21.8. The van der Waals surface area contributed by atoms with E-state index in [1.807, 2.05) is 57.2 Å². The lowest BCUT2D eigenvalue weighted by Crippen LogP contribution is -2.60. The highest BCUT2D eigenvalue weighted by atomic mass is 16.6. The molecule has 2 aliphatic heterocycles. The third-order valence-electron chi connectivity index (χ3n) is 8.49. The van der Waals surface area contributed by atoms with Crippen molar-refractivity contribution in [2.45, 2.75) is 71.0 Å². The number of nitrogens with two attached hydrogens (primary N) is 1.